The van der Waals surface area contributed by atoms with Crippen molar-refractivity contribution >= 4 is 17.2 Å². The minimum atomic E-state index is -0.581. The number of hydrogen-bond acceptors (Lipinski definition) is 5. The van der Waals surface area contributed by atoms with Gasteiger partial charge in [-0.3, -0.25) is 14.9 Å². The van der Waals surface area contributed by atoms with Gasteiger partial charge in [0, 0.05) is 6.07 Å². The SMILES string of the molecule is CCOc1cc([N+](=O)[O-])cc(N)c1C(C)=O. The molecule has 1 aromatic rings. The summed E-state index contributed by atoms with van der Waals surface area (Å²) in [5.74, 6) is -0.127. The van der Waals surface area contributed by atoms with Crippen LogP contribution in [0.5, 0.6) is 5.75 Å². The Balaban J connectivity index is 3.38. The van der Waals surface area contributed by atoms with Crippen LogP contribution in [-0.2, 0) is 0 Å². The Bertz CT molecular complexity index is 443. The van der Waals surface area contributed by atoms with Crippen LogP contribution in [0.2, 0.25) is 0 Å². The standard InChI is InChI=1S/C10H12N2O4/c1-3-16-9-5-7(12(14)15)4-8(11)10(9)6(2)13/h4-5H,3,11H2,1-2H3. The van der Waals surface area contributed by atoms with Gasteiger partial charge < -0.3 is 10.5 Å². The zero-order valence-electron chi connectivity index (χ0n) is 9.02. The fourth-order valence-corrected chi connectivity index (χ4v) is 1.37. The Morgan fingerprint density at radius 2 is 2.19 bits per heavy atom. The molecule has 0 bridgehead atoms. The number of rotatable bonds is 4. The summed E-state index contributed by atoms with van der Waals surface area (Å²) in [6, 6.07) is 2.36. The summed E-state index contributed by atoms with van der Waals surface area (Å²) in [7, 11) is 0. The van der Waals surface area contributed by atoms with Crippen molar-refractivity contribution in [3.63, 3.8) is 0 Å². The molecule has 0 atom stereocenters. The highest BCUT2D eigenvalue weighted by Gasteiger charge is 2.18. The van der Waals surface area contributed by atoms with E-state index < -0.39 is 4.92 Å². The number of nitrogens with two attached hydrogens (primary N) is 1. The fourth-order valence-electron chi connectivity index (χ4n) is 1.37. The molecule has 1 aromatic carbocycles. The first-order valence-electron chi connectivity index (χ1n) is 4.69. The lowest BCUT2D eigenvalue weighted by Crippen LogP contribution is -2.06. The molecule has 0 spiro atoms. The highest BCUT2D eigenvalue weighted by Crippen LogP contribution is 2.30. The van der Waals surface area contributed by atoms with Crippen molar-refractivity contribution < 1.29 is 14.5 Å². The normalized spacial score (nSPS) is 9.88. The molecule has 0 aliphatic rings. The van der Waals surface area contributed by atoms with Gasteiger partial charge in [-0.15, -0.1) is 0 Å². The highest BCUT2D eigenvalue weighted by atomic mass is 16.6. The molecule has 16 heavy (non-hydrogen) atoms. The molecule has 0 unspecified atom stereocenters. The van der Waals surface area contributed by atoms with Gasteiger partial charge in [0.05, 0.1) is 28.8 Å². The Hall–Kier alpha value is -2.11. The van der Waals surface area contributed by atoms with Crippen LogP contribution < -0.4 is 10.5 Å². The summed E-state index contributed by atoms with van der Waals surface area (Å²) >= 11 is 0. The third-order valence-electron chi connectivity index (χ3n) is 1.98. The molecular formula is C10H12N2O4. The summed E-state index contributed by atoms with van der Waals surface area (Å²) in [5.41, 5.74) is 5.64. The average Bonchev–Trinajstić information content (AvgIpc) is 2.16. The van der Waals surface area contributed by atoms with E-state index in [1.165, 1.54) is 13.0 Å². The number of anilines is 1. The minimum absolute atomic E-state index is 0.0603. The number of Topliss-reactive ketones (excluding diaryl/α,β-unsaturated/α-hetero) is 1. The van der Waals surface area contributed by atoms with Crippen molar-refractivity contribution in [2.24, 2.45) is 0 Å². The molecule has 0 aromatic heterocycles. The summed E-state index contributed by atoms with van der Waals surface area (Å²) in [5, 5.41) is 10.6. The van der Waals surface area contributed by atoms with Crippen molar-refractivity contribution in [3.05, 3.63) is 27.8 Å². The van der Waals surface area contributed by atoms with Gasteiger partial charge in [0.2, 0.25) is 0 Å². The van der Waals surface area contributed by atoms with Gasteiger partial charge in [-0.2, -0.15) is 0 Å². The van der Waals surface area contributed by atoms with E-state index in [1.54, 1.807) is 6.92 Å². The van der Waals surface area contributed by atoms with Gasteiger partial charge in [0.15, 0.2) is 5.78 Å². The fraction of sp³-hybridized carbons (Fsp3) is 0.300. The van der Waals surface area contributed by atoms with Crippen molar-refractivity contribution in [1.82, 2.24) is 0 Å². The zero-order valence-corrected chi connectivity index (χ0v) is 9.02. The summed E-state index contributed by atoms with van der Waals surface area (Å²) < 4.78 is 5.16. The first-order chi connectivity index (χ1) is 7.47. The van der Waals surface area contributed by atoms with E-state index in [9.17, 15) is 14.9 Å². The highest BCUT2D eigenvalue weighted by molar-refractivity contribution is 6.02. The van der Waals surface area contributed by atoms with Crippen LogP contribution >= 0.6 is 0 Å². The van der Waals surface area contributed by atoms with Crippen molar-refractivity contribution in [3.8, 4) is 5.75 Å². The van der Waals surface area contributed by atoms with Crippen molar-refractivity contribution in [1.29, 1.82) is 0 Å². The molecule has 0 saturated heterocycles. The van der Waals surface area contributed by atoms with Crippen LogP contribution in [0.15, 0.2) is 12.1 Å². The number of ketones is 1. The largest absolute Gasteiger partial charge is 0.493 e. The minimum Gasteiger partial charge on any atom is -0.493 e. The van der Waals surface area contributed by atoms with Crippen molar-refractivity contribution in [2.75, 3.05) is 12.3 Å². The molecule has 0 radical (unpaired) electrons. The van der Waals surface area contributed by atoms with E-state index in [2.05, 4.69) is 0 Å². The van der Waals surface area contributed by atoms with Gasteiger partial charge in [-0.25, -0.2) is 0 Å². The number of nitrogens with zero attached hydrogens (tertiary/aromatic N) is 1. The third-order valence-corrected chi connectivity index (χ3v) is 1.98. The lowest BCUT2D eigenvalue weighted by Gasteiger charge is -2.09. The second-order valence-corrected chi connectivity index (χ2v) is 3.15. The topological polar surface area (TPSA) is 95.5 Å². The van der Waals surface area contributed by atoms with Crippen LogP contribution in [0, 0.1) is 10.1 Å². The van der Waals surface area contributed by atoms with Crippen LogP contribution in [0.25, 0.3) is 0 Å². The van der Waals surface area contributed by atoms with Crippen molar-refractivity contribution in [2.45, 2.75) is 13.8 Å². The quantitative estimate of drug-likeness (QED) is 0.364. The molecule has 0 aliphatic carbocycles. The predicted octanol–water partition coefficient (Wildman–Crippen LogP) is 1.78. The Morgan fingerprint density at radius 1 is 1.56 bits per heavy atom. The van der Waals surface area contributed by atoms with Gasteiger partial charge in [0.1, 0.15) is 5.75 Å². The van der Waals surface area contributed by atoms with E-state index in [1.807, 2.05) is 0 Å². The molecule has 6 nitrogen and oxygen atoms in total. The van der Waals surface area contributed by atoms with Crippen LogP contribution in [0.1, 0.15) is 24.2 Å². The molecule has 0 heterocycles. The first-order valence-corrected chi connectivity index (χ1v) is 4.69. The van der Waals surface area contributed by atoms with Gasteiger partial charge in [-0.1, -0.05) is 0 Å². The summed E-state index contributed by atoms with van der Waals surface area (Å²) in [6.45, 7) is 3.36. The number of non-ortho nitro benzene ring substituents is 1. The number of nitro benzene ring substituents is 1. The molecule has 0 aliphatic heterocycles. The van der Waals surface area contributed by atoms with E-state index >= 15 is 0 Å². The maximum Gasteiger partial charge on any atom is 0.275 e. The number of nitrogen functional groups attached to an aromatic ring is 1. The molecular weight excluding hydrogens is 212 g/mol. The molecule has 0 amide bonds. The lowest BCUT2D eigenvalue weighted by molar-refractivity contribution is -0.384. The molecule has 2 N–H and O–H groups in total. The number of ether oxygens (including phenoxy) is 1. The van der Waals surface area contributed by atoms with Crippen LogP contribution in [0.3, 0.4) is 0 Å². The molecule has 6 heteroatoms. The van der Waals surface area contributed by atoms with Crippen LogP contribution in [-0.4, -0.2) is 17.3 Å². The van der Waals surface area contributed by atoms with Gasteiger partial charge >= 0.3 is 0 Å². The van der Waals surface area contributed by atoms with E-state index in [-0.39, 0.29) is 28.5 Å². The Morgan fingerprint density at radius 3 is 2.62 bits per heavy atom. The monoisotopic (exact) mass is 224 g/mol. The maximum atomic E-state index is 11.3. The number of carbonyl (C=O) groups excluding carboxylic acids is 1. The number of benzene rings is 1. The number of nitro groups is 1. The maximum absolute atomic E-state index is 11.3. The second-order valence-electron chi connectivity index (χ2n) is 3.15. The lowest BCUT2D eigenvalue weighted by atomic mass is 10.1. The number of hydrogen-bond donors (Lipinski definition) is 1. The molecule has 0 saturated carbocycles. The molecule has 1 rings (SSSR count). The molecule has 86 valence electrons. The summed E-state index contributed by atoms with van der Waals surface area (Å²) in [6.07, 6.45) is 0. The van der Waals surface area contributed by atoms with E-state index in [4.69, 9.17) is 10.5 Å². The Labute approximate surface area is 92.2 Å². The number of carbonyl (C=O) groups is 1. The predicted molar refractivity (Wildman–Crippen MR) is 58.7 cm³/mol. The van der Waals surface area contributed by atoms with Gasteiger partial charge in [-0.05, 0) is 13.8 Å². The molecule has 0 fully saturated rings. The van der Waals surface area contributed by atoms with Gasteiger partial charge in [0.25, 0.3) is 5.69 Å². The first kappa shape index (κ1) is 12.0. The smallest absolute Gasteiger partial charge is 0.275 e. The average molecular weight is 224 g/mol. The van der Waals surface area contributed by atoms with E-state index in [0.29, 0.717) is 6.61 Å². The summed E-state index contributed by atoms with van der Waals surface area (Å²) in [4.78, 5) is 21.3. The third kappa shape index (κ3) is 2.28. The Kier molecular flexibility index (Phi) is 3.44. The van der Waals surface area contributed by atoms with E-state index in [0.717, 1.165) is 6.07 Å². The van der Waals surface area contributed by atoms with Crippen LogP contribution in [0.4, 0.5) is 11.4 Å². The second kappa shape index (κ2) is 4.61. The zero-order chi connectivity index (χ0) is 12.3.